The van der Waals surface area contributed by atoms with E-state index in [1.807, 2.05) is 26.0 Å². The molecular weight excluding hydrogens is 228 g/mol. The summed E-state index contributed by atoms with van der Waals surface area (Å²) in [5.74, 6) is 0.0592. The lowest BCUT2D eigenvalue weighted by molar-refractivity contribution is -0.158. The maximum atomic E-state index is 12.2. The lowest BCUT2D eigenvalue weighted by atomic mass is 9.87. The summed E-state index contributed by atoms with van der Waals surface area (Å²) in [7, 11) is 0. The average Bonchev–Trinajstić information content (AvgIpc) is 2.32. The minimum Gasteiger partial charge on any atom is -0.379 e. The van der Waals surface area contributed by atoms with Crippen molar-refractivity contribution in [3.63, 3.8) is 0 Å². The van der Waals surface area contributed by atoms with E-state index in [1.54, 1.807) is 6.20 Å². The Bertz CT molecular complexity index is 441. The third kappa shape index (κ3) is 2.53. The van der Waals surface area contributed by atoms with Gasteiger partial charge in [-0.25, -0.2) is 0 Å². The molecule has 1 saturated heterocycles. The third-order valence-electron chi connectivity index (χ3n) is 3.40. The molecule has 18 heavy (non-hydrogen) atoms. The van der Waals surface area contributed by atoms with E-state index in [0.29, 0.717) is 13.2 Å². The van der Waals surface area contributed by atoms with Crippen LogP contribution in [0.5, 0.6) is 0 Å². The molecule has 0 aliphatic carbocycles. The van der Waals surface area contributed by atoms with Gasteiger partial charge in [0, 0.05) is 6.20 Å². The van der Waals surface area contributed by atoms with Gasteiger partial charge in [-0.15, -0.1) is 0 Å². The van der Waals surface area contributed by atoms with Crippen molar-refractivity contribution in [2.24, 2.45) is 5.41 Å². The molecule has 0 saturated carbocycles. The fourth-order valence-corrected chi connectivity index (χ4v) is 2.01. The van der Waals surface area contributed by atoms with Gasteiger partial charge in [0.25, 0.3) is 0 Å². The summed E-state index contributed by atoms with van der Waals surface area (Å²) in [4.78, 5) is 16.5. The molecule has 1 fully saturated rings. The van der Waals surface area contributed by atoms with Gasteiger partial charge in [-0.1, -0.05) is 6.92 Å². The molecule has 1 atom stereocenters. The number of aryl methyl sites for hydroxylation is 1. The van der Waals surface area contributed by atoms with E-state index >= 15 is 0 Å². The van der Waals surface area contributed by atoms with Crippen LogP contribution in [0.25, 0.3) is 0 Å². The Hall–Kier alpha value is -1.42. The SMILES string of the molecule is CC[C@@H](NC(=O)C1(C)COC1)c1cc(C)ccn1. The number of rotatable bonds is 4. The Labute approximate surface area is 108 Å². The van der Waals surface area contributed by atoms with E-state index in [2.05, 4.69) is 17.2 Å². The van der Waals surface area contributed by atoms with Crippen molar-refractivity contribution in [3.05, 3.63) is 29.6 Å². The van der Waals surface area contributed by atoms with Crippen molar-refractivity contribution in [2.75, 3.05) is 13.2 Å². The number of nitrogens with zero attached hydrogens (tertiary/aromatic N) is 1. The monoisotopic (exact) mass is 248 g/mol. The molecule has 1 amide bonds. The summed E-state index contributed by atoms with van der Waals surface area (Å²) in [5.41, 5.74) is 1.72. The van der Waals surface area contributed by atoms with Crippen molar-refractivity contribution in [3.8, 4) is 0 Å². The van der Waals surface area contributed by atoms with Gasteiger partial charge in [0.1, 0.15) is 0 Å². The van der Waals surface area contributed by atoms with Gasteiger partial charge in [0.05, 0.1) is 30.4 Å². The van der Waals surface area contributed by atoms with Gasteiger partial charge in [-0.3, -0.25) is 9.78 Å². The number of aromatic nitrogens is 1. The fourth-order valence-electron chi connectivity index (χ4n) is 2.01. The molecule has 0 bridgehead atoms. The second-order valence-corrected chi connectivity index (χ2v) is 5.25. The molecule has 0 unspecified atom stereocenters. The molecule has 0 radical (unpaired) electrons. The van der Waals surface area contributed by atoms with E-state index in [0.717, 1.165) is 17.7 Å². The summed E-state index contributed by atoms with van der Waals surface area (Å²) >= 11 is 0. The third-order valence-corrected chi connectivity index (χ3v) is 3.40. The number of ether oxygens (including phenoxy) is 1. The molecule has 1 aliphatic rings. The van der Waals surface area contributed by atoms with Gasteiger partial charge < -0.3 is 10.1 Å². The standard InChI is InChI=1S/C14H20N2O2/c1-4-11(12-7-10(2)5-6-15-12)16-13(17)14(3)8-18-9-14/h5-7,11H,4,8-9H2,1-3H3,(H,16,17)/t11-/m1/s1. The van der Waals surface area contributed by atoms with E-state index in [1.165, 1.54) is 0 Å². The second kappa shape index (κ2) is 5.06. The summed E-state index contributed by atoms with van der Waals surface area (Å²) in [6, 6.07) is 3.96. The number of hydrogen-bond donors (Lipinski definition) is 1. The van der Waals surface area contributed by atoms with E-state index < -0.39 is 0 Å². The van der Waals surface area contributed by atoms with Gasteiger partial charge in [0.2, 0.25) is 5.91 Å². The Morgan fingerprint density at radius 3 is 2.83 bits per heavy atom. The zero-order valence-electron chi connectivity index (χ0n) is 11.2. The molecule has 2 heterocycles. The molecular formula is C14H20N2O2. The van der Waals surface area contributed by atoms with Gasteiger partial charge in [-0.05, 0) is 38.0 Å². The van der Waals surface area contributed by atoms with Crippen LogP contribution in [0.3, 0.4) is 0 Å². The molecule has 98 valence electrons. The highest BCUT2D eigenvalue weighted by molar-refractivity contribution is 5.83. The average molecular weight is 248 g/mol. The summed E-state index contributed by atoms with van der Waals surface area (Å²) in [6.07, 6.45) is 2.62. The van der Waals surface area contributed by atoms with Crippen molar-refractivity contribution in [1.29, 1.82) is 0 Å². The first-order chi connectivity index (χ1) is 8.55. The van der Waals surface area contributed by atoms with Crippen LogP contribution in [-0.2, 0) is 9.53 Å². The highest BCUT2D eigenvalue weighted by Gasteiger charge is 2.41. The predicted molar refractivity (Wildman–Crippen MR) is 69.1 cm³/mol. The maximum absolute atomic E-state index is 12.2. The van der Waals surface area contributed by atoms with Crippen molar-refractivity contribution in [1.82, 2.24) is 10.3 Å². The number of carbonyl (C=O) groups is 1. The van der Waals surface area contributed by atoms with Crippen LogP contribution in [0.4, 0.5) is 0 Å². The molecule has 1 N–H and O–H groups in total. The minimum absolute atomic E-state index is 0.0187. The van der Waals surface area contributed by atoms with Crippen molar-refractivity contribution < 1.29 is 9.53 Å². The molecule has 1 aromatic heterocycles. The highest BCUT2D eigenvalue weighted by atomic mass is 16.5. The van der Waals surface area contributed by atoms with Gasteiger partial charge >= 0.3 is 0 Å². The zero-order chi connectivity index (χ0) is 13.2. The Kier molecular flexibility index (Phi) is 3.66. The zero-order valence-corrected chi connectivity index (χ0v) is 11.2. The van der Waals surface area contributed by atoms with Crippen LogP contribution in [0.15, 0.2) is 18.3 Å². The van der Waals surface area contributed by atoms with Crippen LogP contribution in [-0.4, -0.2) is 24.1 Å². The molecule has 2 rings (SSSR count). The van der Waals surface area contributed by atoms with Crippen LogP contribution < -0.4 is 5.32 Å². The quantitative estimate of drug-likeness (QED) is 0.886. The maximum Gasteiger partial charge on any atom is 0.231 e. The van der Waals surface area contributed by atoms with Gasteiger partial charge in [0.15, 0.2) is 0 Å². The van der Waals surface area contributed by atoms with Crippen LogP contribution in [0, 0.1) is 12.3 Å². The Balaban J connectivity index is 2.07. The molecule has 1 aliphatic heterocycles. The molecule has 4 heteroatoms. The molecule has 0 spiro atoms. The number of nitrogens with one attached hydrogen (secondary N) is 1. The van der Waals surface area contributed by atoms with Crippen LogP contribution in [0.2, 0.25) is 0 Å². The second-order valence-electron chi connectivity index (χ2n) is 5.25. The van der Waals surface area contributed by atoms with Crippen LogP contribution in [0.1, 0.15) is 37.6 Å². The van der Waals surface area contributed by atoms with Crippen LogP contribution >= 0.6 is 0 Å². The normalized spacial score (nSPS) is 18.8. The smallest absolute Gasteiger partial charge is 0.231 e. The van der Waals surface area contributed by atoms with Crippen molar-refractivity contribution >= 4 is 5.91 Å². The fraction of sp³-hybridized carbons (Fsp3) is 0.571. The number of hydrogen-bond acceptors (Lipinski definition) is 3. The van der Waals surface area contributed by atoms with E-state index in [-0.39, 0.29) is 17.4 Å². The minimum atomic E-state index is -0.364. The first kappa shape index (κ1) is 13.0. The summed E-state index contributed by atoms with van der Waals surface area (Å²) < 4.78 is 5.12. The van der Waals surface area contributed by atoms with E-state index in [4.69, 9.17) is 4.74 Å². The summed E-state index contributed by atoms with van der Waals surface area (Å²) in [6.45, 7) is 7.03. The Morgan fingerprint density at radius 2 is 2.33 bits per heavy atom. The molecule has 0 aromatic carbocycles. The molecule has 4 nitrogen and oxygen atoms in total. The molecule has 1 aromatic rings. The highest BCUT2D eigenvalue weighted by Crippen LogP contribution is 2.28. The van der Waals surface area contributed by atoms with Gasteiger partial charge in [-0.2, -0.15) is 0 Å². The lowest BCUT2D eigenvalue weighted by Gasteiger charge is -2.37. The first-order valence-electron chi connectivity index (χ1n) is 6.36. The Morgan fingerprint density at radius 1 is 1.61 bits per heavy atom. The van der Waals surface area contributed by atoms with E-state index in [9.17, 15) is 4.79 Å². The number of amides is 1. The van der Waals surface area contributed by atoms with Crippen molar-refractivity contribution in [2.45, 2.75) is 33.2 Å². The number of pyridine rings is 1. The first-order valence-corrected chi connectivity index (χ1v) is 6.36. The predicted octanol–water partition coefficient (Wildman–Crippen LogP) is 1.99. The summed E-state index contributed by atoms with van der Waals surface area (Å²) in [5, 5.41) is 3.07. The largest absolute Gasteiger partial charge is 0.379 e. The topological polar surface area (TPSA) is 51.2 Å². The lowest BCUT2D eigenvalue weighted by Crippen LogP contribution is -2.52. The number of carbonyl (C=O) groups excluding carboxylic acids is 1.